The van der Waals surface area contributed by atoms with Crippen LogP contribution in [0.25, 0.3) is 6.08 Å². The molecule has 0 unspecified atom stereocenters. The zero-order valence-corrected chi connectivity index (χ0v) is 7.37. The molecule has 0 spiro atoms. The van der Waals surface area contributed by atoms with E-state index in [1.54, 1.807) is 0 Å². The third-order valence-electron chi connectivity index (χ3n) is 1.78. The first-order chi connectivity index (χ1) is 5.74. The zero-order chi connectivity index (χ0) is 8.97. The third kappa shape index (κ3) is 2.06. The Balaban J connectivity index is 3.01. The summed E-state index contributed by atoms with van der Waals surface area (Å²) >= 11 is 0. The molecule has 1 heteroatoms. The van der Waals surface area contributed by atoms with Crippen LogP contribution in [0.4, 0.5) is 0 Å². The number of rotatable bonds is 2. The zero-order valence-electron chi connectivity index (χ0n) is 7.37. The van der Waals surface area contributed by atoms with Crippen molar-refractivity contribution in [3.8, 4) is 0 Å². The predicted molar refractivity (Wildman–Crippen MR) is 51.0 cm³/mol. The largest absolute Gasteiger partial charge is 0.299 e. The first-order valence-corrected chi connectivity index (χ1v) is 3.93. The van der Waals surface area contributed by atoms with Gasteiger partial charge in [-0.05, 0) is 31.1 Å². The van der Waals surface area contributed by atoms with Gasteiger partial charge in [0.15, 0.2) is 0 Å². The lowest BCUT2D eigenvalue weighted by molar-refractivity contribution is -0.104. The van der Waals surface area contributed by atoms with Gasteiger partial charge in [-0.25, -0.2) is 0 Å². The second-order valence-electron chi connectivity index (χ2n) is 2.86. The number of carbonyl (C=O) groups excluding carboxylic acids is 1. The summed E-state index contributed by atoms with van der Waals surface area (Å²) < 4.78 is 0. The van der Waals surface area contributed by atoms with Gasteiger partial charge >= 0.3 is 0 Å². The summed E-state index contributed by atoms with van der Waals surface area (Å²) in [7, 11) is 0. The van der Waals surface area contributed by atoms with Crippen LogP contribution < -0.4 is 0 Å². The van der Waals surface area contributed by atoms with Crippen LogP contribution in [0.2, 0.25) is 0 Å². The van der Waals surface area contributed by atoms with Crippen molar-refractivity contribution in [2.75, 3.05) is 0 Å². The van der Waals surface area contributed by atoms with Crippen LogP contribution >= 0.6 is 0 Å². The molecule has 0 amide bonds. The predicted octanol–water partition coefficient (Wildman–Crippen LogP) is 2.52. The smallest absolute Gasteiger partial charge is 0.142 e. The third-order valence-corrected chi connectivity index (χ3v) is 1.78. The van der Waals surface area contributed by atoms with Crippen molar-refractivity contribution >= 4 is 12.4 Å². The Kier molecular flexibility index (Phi) is 2.81. The fourth-order valence-corrected chi connectivity index (χ4v) is 1.16. The van der Waals surface area contributed by atoms with E-state index in [1.807, 2.05) is 25.1 Å². The van der Waals surface area contributed by atoms with Crippen molar-refractivity contribution < 1.29 is 4.79 Å². The molecule has 0 saturated carbocycles. The quantitative estimate of drug-likeness (QED) is 0.480. The van der Waals surface area contributed by atoms with Crippen molar-refractivity contribution in [3.05, 3.63) is 41.0 Å². The van der Waals surface area contributed by atoms with Gasteiger partial charge in [0, 0.05) is 0 Å². The molecule has 0 radical (unpaired) electrons. The van der Waals surface area contributed by atoms with E-state index >= 15 is 0 Å². The lowest BCUT2D eigenvalue weighted by atomic mass is 10.1. The van der Waals surface area contributed by atoms with Gasteiger partial charge in [-0.1, -0.05) is 29.8 Å². The Morgan fingerprint density at radius 3 is 2.58 bits per heavy atom. The number of carbonyl (C=O) groups is 1. The highest BCUT2D eigenvalue weighted by atomic mass is 16.1. The average molecular weight is 160 g/mol. The first kappa shape index (κ1) is 8.72. The molecule has 0 aromatic heterocycles. The van der Waals surface area contributed by atoms with Crippen molar-refractivity contribution in [1.29, 1.82) is 0 Å². The van der Waals surface area contributed by atoms with Crippen LogP contribution in [0.5, 0.6) is 0 Å². The molecule has 12 heavy (non-hydrogen) atoms. The number of hydrogen-bond donors (Lipinski definition) is 0. The van der Waals surface area contributed by atoms with Crippen LogP contribution in [-0.2, 0) is 4.79 Å². The van der Waals surface area contributed by atoms with Crippen molar-refractivity contribution in [2.24, 2.45) is 0 Å². The van der Waals surface area contributed by atoms with E-state index in [1.165, 1.54) is 17.2 Å². The molecule has 0 aliphatic rings. The maximum absolute atomic E-state index is 10.1. The van der Waals surface area contributed by atoms with Gasteiger partial charge in [0.05, 0.1) is 0 Å². The summed E-state index contributed by atoms with van der Waals surface area (Å²) in [5.41, 5.74) is 3.55. The minimum Gasteiger partial charge on any atom is -0.299 e. The highest BCUT2D eigenvalue weighted by Gasteiger charge is 1.92. The Morgan fingerprint density at radius 2 is 2.00 bits per heavy atom. The fourth-order valence-electron chi connectivity index (χ4n) is 1.16. The molecule has 1 aromatic rings. The van der Waals surface area contributed by atoms with Gasteiger partial charge in [0.1, 0.15) is 6.29 Å². The number of hydrogen-bond acceptors (Lipinski definition) is 1. The number of aldehydes is 1. The van der Waals surface area contributed by atoms with E-state index in [-0.39, 0.29) is 0 Å². The van der Waals surface area contributed by atoms with Crippen LogP contribution in [0, 0.1) is 13.8 Å². The highest BCUT2D eigenvalue weighted by molar-refractivity contribution is 5.74. The highest BCUT2D eigenvalue weighted by Crippen LogP contribution is 2.11. The second-order valence-corrected chi connectivity index (χ2v) is 2.86. The molecule has 0 atom stereocenters. The summed E-state index contributed by atoms with van der Waals surface area (Å²) in [5.74, 6) is 0. The molecule has 0 aliphatic heterocycles. The van der Waals surface area contributed by atoms with Crippen LogP contribution in [0.3, 0.4) is 0 Å². The Labute approximate surface area is 72.7 Å². The summed E-state index contributed by atoms with van der Waals surface area (Å²) in [6.45, 7) is 4.09. The minimum atomic E-state index is 0.791. The maximum atomic E-state index is 10.1. The normalized spacial score (nSPS) is 10.5. The number of allylic oxidation sites excluding steroid dienone is 1. The average Bonchev–Trinajstić information content (AvgIpc) is 2.03. The molecule has 1 nitrogen and oxygen atoms in total. The summed E-state index contributed by atoms with van der Waals surface area (Å²) in [4.78, 5) is 10.1. The number of aryl methyl sites for hydroxylation is 2. The van der Waals surface area contributed by atoms with Crippen molar-refractivity contribution in [2.45, 2.75) is 13.8 Å². The first-order valence-electron chi connectivity index (χ1n) is 3.93. The molecule has 0 saturated heterocycles. The van der Waals surface area contributed by atoms with Gasteiger partial charge in [0.2, 0.25) is 0 Å². The van der Waals surface area contributed by atoms with E-state index in [0.717, 1.165) is 11.8 Å². The molecular weight excluding hydrogens is 148 g/mol. The van der Waals surface area contributed by atoms with E-state index in [9.17, 15) is 4.79 Å². The Morgan fingerprint density at radius 1 is 1.25 bits per heavy atom. The second kappa shape index (κ2) is 3.86. The van der Waals surface area contributed by atoms with Crippen LogP contribution in [0.15, 0.2) is 24.3 Å². The standard InChI is InChI=1S/C11H12O/c1-9-5-6-11(4-3-7-12)10(2)8-9/h3-8H,1-2H3/b4-3+. The molecule has 1 aromatic carbocycles. The molecule has 0 aliphatic carbocycles. The van der Waals surface area contributed by atoms with Gasteiger partial charge in [-0.15, -0.1) is 0 Å². The molecule has 0 N–H and O–H groups in total. The maximum Gasteiger partial charge on any atom is 0.142 e. The van der Waals surface area contributed by atoms with Gasteiger partial charge in [0.25, 0.3) is 0 Å². The Hall–Kier alpha value is -1.37. The molecule has 1 rings (SSSR count). The van der Waals surface area contributed by atoms with E-state index in [2.05, 4.69) is 13.0 Å². The lowest BCUT2D eigenvalue weighted by Gasteiger charge is -2.00. The summed E-state index contributed by atoms with van der Waals surface area (Å²) in [6.07, 6.45) is 4.12. The van der Waals surface area contributed by atoms with Crippen LogP contribution in [0.1, 0.15) is 16.7 Å². The summed E-state index contributed by atoms with van der Waals surface area (Å²) in [5, 5.41) is 0. The van der Waals surface area contributed by atoms with Gasteiger partial charge in [-0.2, -0.15) is 0 Å². The van der Waals surface area contributed by atoms with Crippen molar-refractivity contribution in [3.63, 3.8) is 0 Å². The van der Waals surface area contributed by atoms with Gasteiger partial charge in [-0.3, -0.25) is 4.79 Å². The molecule has 62 valence electrons. The van der Waals surface area contributed by atoms with E-state index < -0.39 is 0 Å². The SMILES string of the molecule is Cc1ccc(/C=C/C=O)c(C)c1. The van der Waals surface area contributed by atoms with Crippen LogP contribution in [-0.4, -0.2) is 6.29 Å². The summed E-state index contributed by atoms with van der Waals surface area (Å²) in [6, 6.07) is 6.16. The van der Waals surface area contributed by atoms with Crippen molar-refractivity contribution in [1.82, 2.24) is 0 Å². The molecular formula is C11H12O. The van der Waals surface area contributed by atoms with E-state index in [0.29, 0.717) is 0 Å². The van der Waals surface area contributed by atoms with Gasteiger partial charge < -0.3 is 0 Å². The number of benzene rings is 1. The molecule has 0 bridgehead atoms. The molecule has 0 heterocycles. The monoisotopic (exact) mass is 160 g/mol. The minimum absolute atomic E-state index is 0.791. The fraction of sp³-hybridized carbons (Fsp3) is 0.182. The lowest BCUT2D eigenvalue weighted by Crippen LogP contribution is -1.81. The Bertz CT molecular complexity index is 311. The topological polar surface area (TPSA) is 17.1 Å². The molecule has 0 fully saturated rings. The van der Waals surface area contributed by atoms with E-state index in [4.69, 9.17) is 0 Å².